The predicted molar refractivity (Wildman–Crippen MR) is 68.1 cm³/mol. The fourth-order valence-corrected chi connectivity index (χ4v) is 2.65. The molecule has 0 aliphatic heterocycles. The van der Waals surface area contributed by atoms with Crippen molar-refractivity contribution in [1.82, 2.24) is 4.98 Å². The van der Waals surface area contributed by atoms with E-state index in [0.717, 1.165) is 5.01 Å². The number of hydrogen-bond donors (Lipinski definition) is 2. The summed E-state index contributed by atoms with van der Waals surface area (Å²) in [6, 6.07) is 5.97. The Hall–Kier alpha value is -1.30. The number of aliphatic hydroxyl groups is 2. The SMILES string of the molecule is OCC(CO)(Cc1nccs1)c1cccc(F)c1. The van der Waals surface area contributed by atoms with E-state index in [2.05, 4.69) is 4.98 Å². The molecule has 2 aromatic rings. The van der Waals surface area contributed by atoms with Gasteiger partial charge < -0.3 is 10.2 Å². The van der Waals surface area contributed by atoms with Crippen molar-refractivity contribution in [2.24, 2.45) is 0 Å². The molecule has 1 aromatic carbocycles. The van der Waals surface area contributed by atoms with Crippen LogP contribution in [0.4, 0.5) is 4.39 Å². The van der Waals surface area contributed by atoms with E-state index in [1.165, 1.54) is 23.5 Å². The molecule has 0 aliphatic carbocycles. The van der Waals surface area contributed by atoms with Gasteiger partial charge in [-0.2, -0.15) is 0 Å². The minimum Gasteiger partial charge on any atom is -0.395 e. The molecule has 0 radical (unpaired) electrons. The first-order chi connectivity index (χ1) is 8.70. The second kappa shape index (κ2) is 5.56. The minimum atomic E-state index is -0.889. The topological polar surface area (TPSA) is 53.4 Å². The fraction of sp³-hybridized carbons (Fsp3) is 0.308. The molecule has 0 spiro atoms. The van der Waals surface area contributed by atoms with E-state index < -0.39 is 5.41 Å². The summed E-state index contributed by atoms with van der Waals surface area (Å²) >= 11 is 1.45. The second-order valence-electron chi connectivity index (χ2n) is 4.21. The van der Waals surface area contributed by atoms with Gasteiger partial charge in [-0.3, -0.25) is 0 Å². The summed E-state index contributed by atoms with van der Waals surface area (Å²) in [6.45, 7) is -0.515. The monoisotopic (exact) mass is 267 g/mol. The largest absolute Gasteiger partial charge is 0.395 e. The van der Waals surface area contributed by atoms with Crippen LogP contribution >= 0.6 is 11.3 Å². The van der Waals surface area contributed by atoms with Gasteiger partial charge in [0.05, 0.1) is 18.2 Å². The van der Waals surface area contributed by atoms with E-state index in [-0.39, 0.29) is 19.0 Å². The number of benzene rings is 1. The number of nitrogens with zero attached hydrogens (tertiary/aromatic N) is 1. The van der Waals surface area contributed by atoms with Crippen molar-refractivity contribution >= 4 is 11.3 Å². The Morgan fingerprint density at radius 1 is 1.28 bits per heavy atom. The molecule has 0 saturated carbocycles. The summed E-state index contributed by atoms with van der Waals surface area (Å²) < 4.78 is 13.3. The molecule has 1 heterocycles. The van der Waals surface area contributed by atoms with Gasteiger partial charge in [0.25, 0.3) is 0 Å². The van der Waals surface area contributed by atoms with Gasteiger partial charge in [0.2, 0.25) is 0 Å². The molecule has 96 valence electrons. The molecule has 0 aliphatic rings. The zero-order valence-electron chi connectivity index (χ0n) is 9.71. The lowest BCUT2D eigenvalue weighted by molar-refractivity contribution is 0.116. The molecule has 0 amide bonds. The van der Waals surface area contributed by atoms with E-state index in [1.807, 2.05) is 5.38 Å². The first-order valence-corrected chi connectivity index (χ1v) is 6.44. The van der Waals surface area contributed by atoms with Crippen LogP contribution in [0.2, 0.25) is 0 Å². The van der Waals surface area contributed by atoms with Crippen LogP contribution in [-0.4, -0.2) is 28.4 Å². The van der Waals surface area contributed by atoms with E-state index in [4.69, 9.17) is 0 Å². The normalized spacial score (nSPS) is 11.7. The van der Waals surface area contributed by atoms with Crippen LogP contribution in [0.5, 0.6) is 0 Å². The third-order valence-electron chi connectivity index (χ3n) is 3.02. The Morgan fingerprint density at radius 3 is 2.61 bits per heavy atom. The summed E-state index contributed by atoms with van der Waals surface area (Å²) in [5.74, 6) is -0.377. The van der Waals surface area contributed by atoms with Crippen LogP contribution in [0.1, 0.15) is 10.6 Å². The smallest absolute Gasteiger partial charge is 0.123 e. The first-order valence-electron chi connectivity index (χ1n) is 5.56. The van der Waals surface area contributed by atoms with Gasteiger partial charge in [-0.1, -0.05) is 12.1 Å². The van der Waals surface area contributed by atoms with Crippen LogP contribution in [0.15, 0.2) is 35.8 Å². The van der Waals surface area contributed by atoms with Gasteiger partial charge in [-0.15, -0.1) is 11.3 Å². The number of hydrogen-bond acceptors (Lipinski definition) is 4. The molecule has 18 heavy (non-hydrogen) atoms. The number of aromatic nitrogens is 1. The van der Waals surface area contributed by atoms with Gasteiger partial charge in [-0.25, -0.2) is 9.37 Å². The summed E-state index contributed by atoms with van der Waals surface area (Å²) in [4.78, 5) is 4.15. The Bertz CT molecular complexity index is 497. The molecule has 2 rings (SSSR count). The molecule has 0 fully saturated rings. The first kappa shape index (κ1) is 13.1. The Kier molecular flexibility index (Phi) is 4.06. The van der Waals surface area contributed by atoms with Crippen molar-refractivity contribution in [3.63, 3.8) is 0 Å². The number of aliphatic hydroxyl groups excluding tert-OH is 2. The van der Waals surface area contributed by atoms with Crippen molar-refractivity contribution in [3.8, 4) is 0 Å². The summed E-state index contributed by atoms with van der Waals surface area (Å²) in [6.07, 6.45) is 2.06. The van der Waals surface area contributed by atoms with Crippen molar-refractivity contribution in [1.29, 1.82) is 0 Å². The lowest BCUT2D eigenvalue weighted by atomic mass is 9.79. The molecule has 0 bridgehead atoms. The Balaban J connectivity index is 2.37. The molecule has 2 N–H and O–H groups in total. The number of halogens is 1. The summed E-state index contributed by atoms with van der Waals surface area (Å²) in [7, 11) is 0. The van der Waals surface area contributed by atoms with Crippen LogP contribution in [0.3, 0.4) is 0 Å². The highest BCUT2D eigenvalue weighted by Gasteiger charge is 2.32. The zero-order valence-corrected chi connectivity index (χ0v) is 10.5. The third-order valence-corrected chi connectivity index (χ3v) is 3.80. The van der Waals surface area contributed by atoms with Crippen LogP contribution in [-0.2, 0) is 11.8 Å². The van der Waals surface area contributed by atoms with Crippen molar-refractivity contribution < 1.29 is 14.6 Å². The van der Waals surface area contributed by atoms with Gasteiger partial charge in [-0.05, 0) is 17.7 Å². The van der Waals surface area contributed by atoms with E-state index in [1.54, 1.807) is 18.3 Å². The molecule has 0 atom stereocenters. The molecule has 0 saturated heterocycles. The number of thiazole rings is 1. The van der Waals surface area contributed by atoms with Crippen molar-refractivity contribution in [3.05, 3.63) is 52.2 Å². The summed E-state index contributed by atoms with van der Waals surface area (Å²) in [5, 5.41) is 21.9. The highest BCUT2D eigenvalue weighted by molar-refractivity contribution is 7.09. The van der Waals surface area contributed by atoms with Crippen LogP contribution in [0, 0.1) is 5.82 Å². The third kappa shape index (κ3) is 2.58. The summed E-state index contributed by atoms with van der Waals surface area (Å²) in [5.41, 5.74) is -0.303. The average Bonchev–Trinajstić information content (AvgIpc) is 2.89. The maximum atomic E-state index is 13.3. The lowest BCUT2D eigenvalue weighted by Crippen LogP contribution is -2.37. The fourth-order valence-electron chi connectivity index (χ4n) is 1.89. The standard InChI is InChI=1S/C13H14FNO2S/c14-11-3-1-2-10(6-11)13(8-16,9-17)7-12-15-4-5-18-12/h1-6,16-17H,7-9H2. The van der Waals surface area contributed by atoms with E-state index in [9.17, 15) is 14.6 Å². The van der Waals surface area contributed by atoms with Gasteiger partial charge in [0.1, 0.15) is 5.82 Å². The van der Waals surface area contributed by atoms with E-state index in [0.29, 0.717) is 12.0 Å². The highest BCUT2D eigenvalue weighted by atomic mass is 32.1. The second-order valence-corrected chi connectivity index (χ2v) is 5.19. The molecular weight excluding hydrogens is 253 g/mol. The van der Waals surface area contributed by atoms with E-state index >= 15 is 0 Å². The van der Waals surface area contributed by atoms with Crippen molar-refractivity contribution in [2.45, 2.75) is 11.8 Å². The molecule has 1 aromatic heterocycles. The zero-order chi connectivity index (χ0) is 13.0. The van der Waals surface area contributed by atoms with Crippen LogP contribution < -0.4 is 0 Å². The van der Waals surface area contributed by atoms with Crippen LogP contribution in [0.25, 0.3) is 0 Å². The lowest BCUT2D eigenvalue weighted by Gasteiger charge is -2.29. The molecule has 3 nitrogen and oxygen atoms in total. The Labute approximate surface area is 109 Å². The molecule has 0 unspecified atom stereocenters. The van der Waals surface area contributed by atoms with Gasteiger partial charge in [0.15, 0.2) is 0 Å². The van der Waals surface area contributed by atoms with Crippen molar-refractivity contribution in [2.75, 3.05) is 13.2 Å². The quantitative estimate of drug-likeness (QED) is 0.867. The average molecular weight is 267 g/mol. The highest BCUT2D eigenvalue weighted by Crippen LogP contribution is 2.29. The predicted octanol–water partition coefficient (Wildman–Crippen LogP) is 1.75. The maximum absolute atomic E-state index is 13.3. The maximum Gasteiger partial charge on any atom is 0.123 e. The van der Waals surface area contributed by atoms with Gasteiger partial charge in [0, 0.05) is 23.4 Å². The molecular formula is C13H14FNO2S. The molecule has 5 heteroatoms. The Morgan fingerprint density at radius 2 is 2.06 bits per heavy atom. The number of rotatable bonds is 5. The van der Waals surface area contributed by atoms with Gasteiger partial charge >= 0.3 is 0 Å². The minimum absolute atomic E-state index is 0.257.